The van der Waals surface area contributed by atoms with Crippen LogP contribution in [-0.4, -0.2) is 54.3 Å². The van der Waals surface area contributed by atoms with Gasteiger partial charge in [-0.2, -0.15) is 0 Å². The number of halogens is 2. The van der Waals surface area contributed by atoms with Crippen molar-refractivity contribution < 1.29 is 31.9 Å². The fourth-order valence-corrected chi connectivity index (χ4v) is 7.07. The van der Waals surface area contributed by atoms with Crippen LogP contribution in [0.1, 0.15) is 55.5 Å². The Morgan fingerprint density at radius 1 is 1.09 bits per heavy atom. The number of hydrogen-bond acceptors (Lipinski definition) is 7. The van der Waals surface area contributed by atoms with Crippen molar-refractivity contribution in [2.45, 2.75) is 55.8 Å². The van der Waals surface area contributed by atoms with Crippen LogP contribution in [0.4, 0.5) is 30.8 Å². The number of nitrogens with zero attached hydrogens (tertiary/aromatic N) is 3. The lowest BCUT2D eigenvalue weighted by Gasteiger charge is -2.32. The molecule has 1 aliphatic heterocycles. The van der Waals surface area contributed by atoms with Crippen molar-refractivity contribution >= 4 is 49.8 Å². The smallest absolute Gasteiger partial charge is 0.411 e. The highest BCUT2D eigenvalue weighted by Gasteiger charge is 2.39. The Kier molecular flexibility index (Phi) is 8.89. The summed E-state index contributed by atoms with van der Waals surface area (Å²) in [6, 6.07) is 11.1. The van der Waals surface area contributed by atoms with Crippen LogP contribution in [0.3, 0.4) is 0 Å². The first-order chi connectivity index (χ1) is 21.7. The van der Waals surface area contributed by atoms with E-state index in [0.29, 0.717) is 29.7 Å². The molecule has 2 atom stereocenters. The first-order valence-corrected chi connectivity index (χ1v) is 16.3. The minimum Gasteiger partial charge on any atom is -0.465 e. The maximum atomic E-state index is 15.5. The molecule has 0 radical (unpaired) electrons. The summed E-state index contributed by atoms with van der Waals surface area (Å²) in [7, 11) is -2.52. The third-order valence-corrected chi connectivity index (χ3v) is 10.7. The molecule has 1 aromatic heterocycles. The highest BCUT2D eigenvalue weighted by atomic mass is 32.2. The van der Waals surface area contributed by atoms with Gasteiger partial charge in [0.15, 0.2) is 9.84 Å². The topological polar surface area (TPSA) is 146 Å². The lowest BCUT2D eigenvalue weighted by molar-refractivity contribution is -0.133. The number of carboxylic acid groups (broad SMARTS) is 1. The van der Waals surface area contributed by atoms with Crippen LogP contribution in [0.2, 0.25) is 0 Å². The van der Waals surface area contributed by atoms with E-state index in [9.17, 15) is 27.5 Å². The molecular weight excluding hydrogens is 616 g/mol. The van der Waals surface area contributed by atoms with Gasteiger partial charge in [-0.25, -0.2) is 27.0 Å². The number of fused-ring (bicyclic) bond motifs is 1. The maximum absolute atomic E-state index is 15.5. The first kappa shape index (κ1) is 32.6. The van der Waals surface area contributed by atoms with Crippen LogP contribution < -0.4 is 16.0 Å². The SMILES string of the molecule is Cc1cc([C@@H](Nc2ccc3c(N)nccc3c2)C(=O)N2CCC[C@@H]2c2cc(N(C)C(=O)O)ccc2S(=O)(=O)C(C)C)c(F)cc1F. The second-order valence-electron chi connectivity index (χ2n) is 11.7. The molecule has 1 aliphatic rings. The van der Waals surface area contributed by atoms with Gasteiger partial charge in [-0.15, -0.1) is 0 Å². The van der Waals surface area contributed by atoms with Crippen LogP contribution in [0.5, 0.6) is 0 Å². The zero-order valence-corrected chi connectivity index (χ0v) is 26.6. The lowest BCUT2D eigenvalue weighted by Crippen LogP contribution is -2.38. The number of rotatable bonds is 8. The number of benzene rings is 3. The molecule has 46 heavy (non-hydrogen) atoms. The number of pyridine rings is 1. The minimum absolute atomic E-state index is 0.0104. The molecule has 242 valence electrons. The molecule has 3 aromatic carbocycles. The van der Waals surface area contributed by atoms with Crippen molar-refractivity contribution in [1.29, 1.82) is 0 Å². The van der Waals surface area contributed by atoms with E-state index >= 15 is 4.39 Å². The van der Waals surface area contributed by atoms with E-state index in [1.165, 1.54) is 43.1 Å². The summed E-state index contributed by atoms with van der Waals surface area (Å²) in [5.74, 6) is -1.93. The van der Waals surface area contributed by atoms with E-state index in [-0.39, 0.29) is 33.8 Å². The number of nitrogen functional groups attached to an aromatic ring is 1. The summed E-state index contributed by atoms with van der Waals surface area (Å²) in [5, 5.41) is 13.4. The van der Waals surface area contributed by atoms with Crippen molar-refractivity contribution in [2.24, 2.45) is 0 Å². The third kappa shape index (κ3) is 6.06. The Morgan fingerprint density at radius 3 is 2.52 bits per heavy atom. The van der Waals surface area contributed by atoms with Crippen LogP contribution in [-0.2, 0) is 14.6 Å². The van der Waals surface area contributed by atoms with E-state index in [4.69, 9.17) is 5.73 Å². The second-order valence-corrected chi connectivity index (χ2v) is 14.2. The predicted molar refractivity (Wildman–Crippen MR) is 172 cm³/mol. The Morgan fingerprint density at radius 2 is 1.83 bits per heavy atom. The molecule has 0 saturated carbocycles. The van der Waals surface area contributed by atoms with Crippen molar-refractivity contribution in [1.82, 2.24) is 9.88 Å². The standard InChI is InChI=1S/C33H35F2N5O5S/c1-18(2)46(44,45)29-10-8-22(39(4)33(42)43)16-25(29)28-6-5-13-40(28)32(41)30(24-14-19(3)26(34)17-27(24)35)38-21-7-9-23-20(15-21)11-12-37-31(23)36/h7-12,14-18,28,30,38H,5-6,13H2,1-4H3,(H2,36,37)(H,42,43)/t28-,30-/m1/s1. The summed E-state index contributed by atoms with van der Waals surface area (Å²) in [6.45, 7) is 4.78. The summed E-state index contributed by atoms with van der Waals surface area (Å²) < 4.78 is 56.8. The normalized spacial score (nSPS) is 15.7. The van der Waals surface area contributed by atoms with Gasteiger partial charge in [0.1, 0.15) is 23.5 Å². The number of anilines is 3. The number of nitrogens with two attached hydrogens (primary N) is 1. The van der Waals surface area contributed by atoms with Crippen LogP contribution in [0, 0.1) is 18.6 Å². The van der Waals surface area contributed by atoms with E-state index in [2.05, 4.69) is 10.3 Å². The number of carbonyl (C=O) groups is 2. The number of carbonyl (C=O) groups excluding carboxylic acids is 1. The van der Waals surface area contributed by atoms with Gasteiger partial charge in [0.05, 0.1) is 16.2 Å². The van der Waals surface area contributed by atoms with Crippen molar-refractivity contribution in [2.75, 3.05) is 29.5 Å². The molecule has 0 unspecified atom stereocenters. The number of aryl methyl sites for hydroxylation is 1. The molecule has 10 nitrogen and oxygen atoms in total. The molecule has 0 bridgehead atoms. The Bertz CT molecular complexity index is 1950. The zero-order valence-electron chi connectivity index (χ0n) is 25.8. The molecule has 13 heteroatoms. The van der Waals surface area contributed by atoms with E-state index in [1.807, 2.05) is 0 Å². The second kappa shape index (κ2) is 12.5. The van der Waals surface area contributed by atoms with Gasteiger partial charge in [-0.1, -0.05) is 0 Å². The summed E-state index contributed by atoms with van der Waals surface area (Å²) in [5.41, 5.74) is 7.01. The van der Waals surface area contributed by atoms with Crippen molar-refractivity contribution in [3.8, 4) is 0 Å². The summed E-state index contributed by atoms with van der Waals surface area (Å²) in [4.78, 5) is 32.8. The average Bonchev–Trinajstić information content (AvgIpc) is 3.51. The van der Waals surface area contributed by atoms with Gasteiger partial charge < -0.3 is 21.1 Å². The van der Waals surface area contributed by atoms with Crippen molar-refractivity contribution in [3.63, 3.8) is 0 Å². The zero-order chi connectivity index (χ0) is 33.5. The Hall–Kier alpha value is -4.78. The quantitative estimate of drug-likeness (QED) is 0.204. The minimum atomic E-state index is -3.86. The maximum Gasteiger partial charge on any atom is 0.411 e. The Balaban J connectivity index is 1.63. The average molecular weight is 652 g/mol. The van der Waals surface area contributed by atoms with Crippen LogP contribution in [0.25, 0.3) is 10.8 Å². The van der Waals surface area contributed by atoms with Crippen LogP contribution >= 0.6 is 0 Å². The molecule has 4 aromatic rings. The third-order valence-electron chi connectivity index (χ3n) is 8.43. The van der Waals surface area contributed by atoms with Crippen molar-refractivity contribution in [3.05, 3.63) is 89.1 Å². The number of nitrogens with one attached hydrogen (secondary N) is 1. The Labute approximate surface area is 265 Å². The van der Waals surface area contributed by atoms with Gasteiger partial charge in [0.2, 0.25) is 5.91 Å². The number of hydrogen-bond donors (Lipinski definition) is 3. The number of likely N-dealkylation sites (tertiary alicyclic amines) is 1. The molecule has 2 heterocycles. The number of sulfone groups is 1. The molecule has 5 rings (SSSR count). The largest absolute Gasteiger partial charge is 0.465 e. The van der Waals surface area contributed by atoms with Gasteiger partial charge in [0, 0.05) is 48.2 Å². The summed E-state index contributed by atoms with van der Waals surface area (Å²) >= 11 is 0. The molecule has 2 amide bonds. The fraction of sp³-hybridized carbons (Fsp3) is 0.303. The predicted octanol–water partition coefficient (Wildman–Crippen LogP) is 6.22. The lowest BCUT2D eigenvalue weighted by atomic mass is 9.99. The first-order valence-electron chi connectivity index (χ1n) is 14.7. The molecule has 1 fully saturated rings. The number of amides is 2. The molecule has 0 spiro atoms. The highest BCUT2D eigenvalue weighted by Crippen LogP contribution is 2.41. The molecule has 0 aliphatic carbocycles. The highest BCUT2D eigenvalue weighted by molar-refractivity contribution is 7.92. The monoisotopic (exact) mass is 651 g/mol. The molecule has 4 N–H and O–H groups in total. The van der Waals surface area contributed by atoms with Gasteiger partial charge in [-0.05, 0) is 98.7 Å². The van der Waals surface area contributed by atoms with E-state index < -0.39 is 50.8 Å². The molecular formula is C33H35F2N5O5S. The number of aromatic nitrogens is 1. The summed E-state index contributed by atoms with van der Waals surface area (Å²) in [6.07, 6.45) is 1.19. The molecule has 1 saturated heterocycles. The van der Waals surface area contributed by atoms with Gasteiger partial charge in [0.25, 0.3) is 0 Å². The van der Waals surface area contributed by atoms with E-state index in [0.717, 1.165) is 16.4 Å². The van der Waals surface area contributed by atoms with Gasteiger partial charge >= 0.3 is 6.09 Å². The van der Waals surface area contributed by atoms with Crippen LogP contribution in [0.15, 0.2) is 65.7 Å². The van der Waals surface area contributed by atoms with E-state index in [1.54, 1.807) is 44.3 Å². The fourth-order valence-electron chi connectivity index (χ4n) is 5.78. The van der Waals surface area contributed by atoms with Gasteiger partial charge in [-0.3, -0.25) is 9.69 Å².